The van der Waals surface area contributed by atoms with E-state index in [4.69, 9.17) is 0 Å². The van der Waals surface area contributed by atoms with Gasteiger partial charge < -0.3 is 5.32 Å². The van der Waals surface area contributed by atoms with Crippen LogP contribution in [0.15, 0.2) is 0 Å². The second kappa shape index (κ2) is 5.37. The molecular weight excluding hydrogens is 234 g/mol. The van der Waals surface area contributed by atoms with Gasteiger partial charge in [0.1, 0.15) is 0 Å². The molecule has 0 saturated carbocycles. The van der Waals surface area contributed by atoms with Crippen molar-refractivity contribution in [2.45, 2.75) is 6.92 Å². The highest BCUT2D eigenvalue weighted by Gasteiger charge is 2.30. The highest BCUT2D eigenvalue weighted by molar-refractivity contribution is 7.89. The molecule has 2 amide bonds. The Hall–Kier alpha value is -0.990. The van der Waals surface area contributed by atoms with Crippen molar-refractivity contribution >= 4 is 21.8 Å². The van der Waals surface area contributed by atoms with E-state index in [0.717, 1.165) is 4.31 Å². The van der Waals surface area contributed by atoms with Crippen LogP contribution < -0.4 is 10.6 Å². The van der Waals surface area contributed by atoms with Crippen molar-refractivity contribution in [2.75, 3.05) is 31.9 Å². The molecule has 0 radical (unpaired) electrons. The summed E-state index contributed by atoms with van der Waals surface area (Å²) in [6.07, 6.45) is 0. The van der Waals surface area contributed by atoms with Crippen LogP contribution in [0.2, 0.25) is 0 Å². The van der Waals surface area contributed by atoms with Crippen molar-refractivity contribution in [3.8, 4) is 0 Å². The molecule has 7 nitrogen and oxygen atoms in total. The van der Waals surface area contributed by atoms with Crippen LogP contribution in [0.3, 0.4) is 0 Å². The molecule has 1 rings (SSSR count). The fraction of sp³-hybridized carbons (Fsp3) is 0.750. The van der Waals surface area contributed by atoms with E-state index in [1.54, 1.807) is 0 Å². The molecule has 0 spiro atoms. The van der Waals surface area contributed by atoms with Gasteiger partial charge in [0.05, 0.1) is 18.8 Å². The van der Waals surface area contributed by atoms with Crippen molar-refractivity contribution in [1.82, 2.24) is 14.9 Å². The topological polar surface area (TPSA) is 95.6 Å². The minimum absolute atomic E-state index is 0.110. The molecule has 1 saturated heterocycles. The fourth-order valence-corrected chi connectivity index (χ4v) is 2.60. The van der Waals surface area contributed by atoms with E-state index in [1.807, 2.05) is 12.2 Å². The molecule has 8 heteroatoms. The quantitative estimate of drug-likeness (QED) is 0.429. The summed E-state index contributed by atoms with van der Waals surface area (Å²) in [5, 5.41) is 4.92. The van der Waals surface area contributed by atoms with Gasteiger partial charge >= 0.3 is 0 Å². The van der Waals surface area contributed by atoms with Crippen LogP contribution in [0.5, 0.6) is 0 Å². The third kappa shape index (κ3) is 3.54. The Morgan fingerprint density at radius 3 is 2.38 bits per heavy atom. The molecule has 0 atom stereocenters. The van der Waals surface area contributed by atoms with E-state index in [1.165, 1.54) is 0 Å². The normalized spacial score (nSPS) is 18.6. The van der Waals surface area contributed by atoms with E-state index < -0.39 is 21.8 Å². The first kappa shape index (κ1) is 13.1. The zero-order chi connectivity index (χ0) is 12.2. The van der Waals surface area contributed by atoms with Crippen LogP contribution >= 0.6 is 0 Å². The molecule has 1 fully saturated rings. The molecule has 0 unspecified atom stereocenters. The van der Waals surface area contributed by atoms with Crippen LogP contribution in [-0.2, 0) is 19.6 Å². The van der Waals surface area contributed by atoms with Gasteiger partial charge in [-0.1, -0.05) is 6.92 Å². The maximum absolute atomic E-state index is 11.7. The molecule has 2 N–H and O–H groups in total. The molecule has 0 aromatic carbocycles. The molecule has 92 valence electrons. The van der Waals surface area contributed by atoms with Crippen molar-refractivity contribution in [3.05, 3.63) is 0 Å². The number of nitrogens with one attached hydrogen (secondary N) is 2. The first-order valence-corrected chi connectivity index (χ1v) is 6.58. The molecule has 16 heavy (non-hydrogen) atoms. The van der Waals surface area contributed by atoms with E-state index in [9.17, 15) is 18.0 Å². The molecular formula is C8H15N3O4S. The van der Waals surface area contributed by atoms with E-state index in [0.29, 0.717) is 13.1 Å². The maximum Gasteiger partial charge on any atom is 0.241 e. The lowest BCUT2D eigenvalue weighted by atomic mass is 10.4. The number of sulfonamides is 1. The van der Waals surface area contributed by atoms with Crippen molar-refractivity contribution in [3.63, 3.8) is 0 Å². The summed E-state index contributed by atoms with van der Waals surface area (Å²) in [5.74, 6) is -1.27. The van der Waals surface area contributed by atoms with Crippen molar-refractivity contribution in [1.29, 1.82) is 0 Å². The molecule has 0 aromatic rings. The molecule has 0 aliphatic carbocycles. The summed E-state index contributed by atoms with van der Waals surface area (Å²) in [4.78, 5) is 22.0. The Labute approximate surface area is 94.2 Å². The Morgan fingerprint density at radius 1 is 1.31 bits per heavy atom. The maximum atomic E-state index is 11.7. The second-order valence-corrected chi connectivity index (χ2v) is 5.50. The minimum atomic E-state index is -3.53. The Balaban J connectivity index is 2.60. The van der Waals surface area contributed by atoms with Crippen LogP contribution in [0, 0.1) is 0 Å². The predicted octanol–water partition coefficient (Wildman–Crippen LogP) is -2.12. The monoisotopic (exact) mass is 249 g/mol. The van der Waals surface area contributed by atoms with Gasteiger partial charge in [-0.3, -0.25) is 14.9 Å². The van der Waals surface area contributed by atoms with Crippen LogP contribution in [0.25, 0.3) is 0 Å². The largest absolute Gasteiger partial charge is 0.316 e. The molecule has 0 aromatic heterocycles. The standard InChI is InChI=1S/C8H15N3O4S/c1-2-9-3-4-16(14,15)11-5-7(12)10-8(13)6-11/h9H,2-6H2,1H3,(H,10,12,13). The van der Waals surface area contributed by atoms with Gasteiger partial charge in [-0.25, -0.2) is 8.42 Å². The van der Waals surface area contributed by atoms with Crippen LogP contribution in [0.4, 0.5) is 0 Å². The zero-order valence-corrected chi connectivity index (χ0v) is 9.84. The SMILES string of the molecule is CCNCCS(=O)(=O)N1CC(=O)NC(=O)C1. The number of amides is 2. The van der Waals surface area contributed by atoms with E-state index in [-0.39, 0.29) is 18.8 Å². The van der Waals surface area contributed by atoms with Gasteiger partial charge in [0.2, 0.25) is 21.8 Å². The first-order valence-electron chi connectivity index (χ1n) is 4.97. The third-order valence-corrected chi connectivity index (χ3v) is 3.86. The van der Waals surface area contributed by atoms with Crippen molar-refractivity contribution < 1.29 is 18.0 Å². The van der Waals surface area contributed by atoms with Gasteiger partial charge in [-0.2, -0.15) is 4.31 Å². The van der Waals surface area contributed by atoms with Crippen molar-refractivity contribution in [2.24, 2.45) is 0 Å². The number of hydrogen-bond donors (Lipinski definition) is 2. The lowest BCUT2D eigenvalue weighted by Crippen LogP contribution is -2.54. The van der Waals surface area contributed by atoms with E-state index in [2.05, 4.69) is 5.32 Å². The summed E-state index contributed by atoms with van der Waals surface area (Å²) in [6, 6.07) is 0. The third-order valence-electron chi connectivity index (χ3n) is 2.10. The highest BCUT2D eigenvalue weighted by Crippen LogP contribution is 2.03. The van der Waals surface area contributed by atoms with Gasteiger partial charge in [0.15, 0.2) is 0 Å². The Morgan fingerprint density at radius 2 is 1.88 bits per heavy atom. The van der Waals surface area contributed by atoms with Gasteiger partial charge in [0, 0.05) is 6.54 Å². The number of carbonyl (C=O) groups excluding carboxylic acids is 2. The van der Waals surface area contributed by atoms with Gasteiger partial charge in [-0.05, 0) is 6.54 Å². The molecule has 1 aliphatic rings. The summed E-state index contributed by atoms with van der Waals surface area (Å²) < 4.78 is 24.3. The number of carbonyl (C=O) groups is 2. The number of hydrogen-bond acceptors (Lipinski definition) is 5. The predicted molar refractivity (Wildman–Crippen MR) is 57.1 cm³/mol. The summed E-state index contributed by atoms with van der Waals surface area (Å²) in [6.45, 7) is 2.30. The van der Waals surface area contributed by atoms with Crippen LogP contribution in [-0.4, -0.2) is 56.5 Å². The number of imide groups is 1. The average molecular weight is 249 g/mol. The number of piperazine rings is 1. The summed E-state index contributed by atoms with van der Waals surface area (Å²) >= 11 is 0. The summed E-state index contributed by atoms with van der Waals surface area (Å²) in [5.41, 5.74) is 0. The Bertz CT molecular complexity index is 363. The van der Waals surface area contributed by atoms with Gasteiger partial charge in [-0.15, -0.1) is 0 Å². The lowest BCUT2D eigenvalue weighted by molar-refractivity contribution is -0.134. The highest BCUT2D eigenvalue weighted by atomic mass is 32.2. The number of rotatable bonds is 5. The minimum Gasteiger partial charge on any atom is -0.316 e. The smallest absolute Gasteiger partial charge is 0.241 e. The zero-order valence-electron chi connectivity index (χ0n) is 9.02. The van der Waals surface area contributed by atoms with Gasteiger partial charge in [0.25, 0.3) is 0 Å². The Kier molecular flexibility index (Phi) is 4.39. The van der Waals surface area contributed by atoms with E-state index >= 15 is 0 Å². The number of nitrogens with zero attached hydrogens (tertiary/aromatic N) is 1. The second-order valence-electron chi connectivity index (χ2n) is 3.41. The lowest BCUT2D eigenvalue weighted by Gasteiger charge is -2.24. The first-order chi connectivity index (χ1) is 7.45. The average Bonchev–Trinajstić information content (AvgIpc) is 2.16. The van der Waals surface area contributed by atoms with Crippen LogP contribution in [0.1, 0.15) is 6.92 Å². The fourth-order valence-electron chi connectivity index (χ4n) is 1.31. The molecule has 1 heterocycles. The molecule has 0 bridgehead atoms. The summed E-state index contributed by atoms with van der Waals surface area (Å²) in [7, 11) is -3.53. The molecule has 1 aliphatic heterocycles.